The molecule has 5 rings (SSSR count). The first-order chi connectivity index (χ1) is 13.8. The maximum Gasteiger partial charge on any atom is 2.00 e. The Kier molecular flexibility index (Phi) is 7.34. The summed E-state index contributed by atoms with van der Waals surface area (Å²) in [4.78, 5) is 8.51. The van der Waals surface area contributed by atoms with Crippen molar-refractivity contribution in [3.05, 3.63) is 102 Å². The van der Waals surface area contributed by atoms with Crippen LogP contribution < -0.4 is 0 Å². The molecule has 29 heavy (non-hydrogen) atoms. The van der Waals surface area contributed by atoms with E-state index in [1.807, 2.05) is 81.8 Å². The second-order valence-corrected chi connectivity index (χ2v) is 6.75. The Labute approximate surface area is 188 Å². The van der Waals surface area contributed by atoms with Gasteiger partial charge in [0.1, 0.15) is 0 Å². The summed E-state index contributed by atoms with van der Waals surface area (Å²) in [5.41, 5.74) is 5.16. The van der Waals surface area contributed by atoms with Crippen LogP contribution in [0.25, 0.3) is 28.5 Å². The van der Waals surface area contributed by atoms with Gasteiger partial charge in [-0.15, -0.1) is 53.3 Å². The van der Waals surface area contributed by atoms with Gasteiger partial charge in [0.15, 0.2) is 0 Å². The fourth-order valence-electron chi connectivity index (χ4n) is 2.83. The average molecular weight is 578 g/mol. The van der Waals surface area contributed by atoms with Crippen molar-refractivity contribution >= 4 is 11.3 Å². The maximum atomic E-state index is 4.30. The van der Waals surface area contributed by atoms with Crippen LogP contribution in [0.5, 0.6) is 0 Å². The normalized spacial score (nSPS) is 9.97. The Morgan fingerprint density at radius 1 is 0.931 bits per heavy atom. The molecule has 0 spiro atoms. The summed E-state index contributed by atoms with van der Waals surface area (Å²) >= 11 is 1.59. The molecular weight excluding hydrogens is 559 g/mol. The van der Waals surface area contributed by atoms with E-state index in [0.29, 0.717) is 0 Å². The molecule has 0 aliphatic carbocycles. The Balaban J connectivity index is 0.000000167. The molecule has 0 fully saturated rings. The first-order valence-electron chi connectivity index (χ1n) is 8.81. The summed E-state index contributed by atoms with van der Waals surface area (Å²) in [7, 11) is 1.98. The Bertz CT molecular complexity index is 1120. The number of thiazole rings is 1. The summed E-state index contributed by atoms with van der Waals surface area (Å²) in [6.45, 7) is 0. The number of benzene rings is 2. The second kappa shape index (κ2) is 10.1. The van der Waals surface area contributed by atoms with Gasteiger partial charge in [-0.05, 0) is 5.38 Å². The van der Waals surface area contributed by atoms with Crippen LogP contribution in [-0.4, -0.2) is 19.1 Å². The average Bonchev–Trinajstić information content (AvgIpc) is 3.51. The molecule has 4 nitrogen and oxygen atoms in total. The molecule has 2 aromatic carbocycles. The van der Waals surface area contributed by atoms with Gasteiger partial charge in [-0.1, -0.05) is 47.8 Å². The smallest absolute Gasteiger partial charge is 0.428 e. The van der Waals surface area contributed by atoms with Gasteiger partial charge in [0.25, 0.3) is 0 Å². The molecule has 0 bridgehead atoms. The van der Waals surface area contributed by atoms with Gasteiger partial charge in [-0.3, -0.25) is 9.97 Å². The monoisotopic (exact) mass is 577 g/mol. The fourth-order valence-corrected chi connectivity index (χ4v) is 3.35. The zero-order chi connectivity index (χ0) is 19.2. The van der Waals surface area contributed by atoms with Crippen molar-refractivity contribution in [2.45, 2.75) is 0 Å². The summed E-state index contributed by atoms with van der Waals surface area (Å²) in [6.07, 6.45) is 6.88. The van der Waals surface area contributed by atoms with Crippen molar-refractivity contribution < 1.29 is 21.1 Å². The van der Waals surface area contributed by atoms with Gasteiger partial charge >= 0.3 is 21.1 Å². The molecule has 0 atom stereocenters. The molecule has 146 valence electrons. The first kappa shape index (κ1) is 21.0. The number of hydrogen-bond donors (Lipinski definition) is 0. The molecule has 0 aliphatic rings. The summed E-state index contributed by atoms with van der Waals surface area (Å²) in [5, 5.41) is 2.02. The molecule has 0 amide bonds. The number of rotatable bonds is 3. The molecule has 5 aromatic rings. The van der Waals surface area contributed by atoms with Crippen molar-refractivity contribution in [3.63, 3.8) is 0 Å². The van der Waals surface area contributed by atoms with Gasteiger partial charge < -0.3 is 9.13 Å². The van der Waals surface area contributed by atoms with Crippen LogP contribution in [0.15, 0.2) is 90.0 Å². The van der Waals surface area contributed by atoms with Crippen LogP contribution in [0, 0.1) is 12.3 Å². The number of aromatic nitrogens is 4. The zero-order valence-corrected chi connectivity index (χ0v) is 18.8. The van der Waals surface area contributed by atoms with Gasteiger partial charge in [-0.2, -0.15) is 6.07 Å². The van der Waals surface area contributed by atoms with Crippen LogP contribution in [0.3, 0.4) is 0 Å². The molecule has 0 radical (unpaired) electrons. The van der Waals surface area contributed by atoms with E-state index in [9.17, 15) is 0 Å². The molecule has 0 saturated heterocycles. The van der Waals surface area contributed by atoms with Crippen molar-refractivity contribution in [1.82, 2.24) is 19.1 Å². The third-order valence-electron chi connectivity index (χ3n) is 4.17. The third kappa shape index (κ3) is 5.00. The molecule has 0 saturated carbocycles. The molecule has 0 N–H and O–H groups in total. The first-order valence-corrected chi connectivity index (χ1v) is 9.75. The van der Waals surface area contributed by atoms with E-state index in [1.54, 1.807) is 17.5 Å². The standard InChI is InChI=1S/C13H9N2S.C10H9N2.Pt/c1-2-5-11(6-3-1)12-7-4-8-15(12)13-9-16-10-14-13;1-12-8-7-11-10(12)9-5-3-2-4-6-9;/h1-7,9-10H;2-5,7-8H,1H3;/q2*-1;+2. The van der Waals surface area contributed by atoms with Gasteiger partial charge in [0, 0.05) is 19.4 Å². The molecule has 0 unspecified atom stereocenters. The van der Waals surface area contributed by atoms with E-state index in [4.69, 9.17) is 0 Å². The fraction of sp³-hybridized carbons (Fsp3) is 0.0435. The van der Waals surface area contributed by atoms with Crippen molar-refractivity contribution in [2.24, 2.45) is 7.05 Å². The van der Waals surface area contributed by atoms with Gasteiger partial charge in [-0.25, -0.2) is 0 Å². The second-order valence-electron chi connectivity index (χ2n) is 6.03. The molecule has 3 heterocycles. The predicted octanol–water partition coefficient (Wildman–Crippen LogP) is 5.29. The van der Waals surface area contributed by atoms with E-state index in [1.165, 1.54) is 5.56 Å². The minimum absolute atomic E-state index is 0. The van der Waals surface area contributed by atoms with E-state index >= 15 is 0 Å². The molecular formula is C23H18N4PtS. The maximum absolute atomic E-state index is 4.30. The van der Waals surface area contributed by atoms with Gasteiger partial charge in [0.2, 0.25) is 0 Å². The SMILES string of the molecule is Cn1ccnc1-c1[c-]cccc1.[Pt+2].[c-]1ccc(-c2ccccc2)n1-c1cscn1. The topological polar surface area (TPSA) is 35.6 Å². The van der Waals surface area contributed by atoms with E-state index in [0.717, 1.165) is 22.9 Å². The van der Waals surface area contributed by atoms with E-state index in [2.05, 4.69) is 40.4 Å². The molecule has 0 aliphatic heterocycles. The minimum atomic E-state index is 0. The number of aryl methyl sites for hydroxylation is 1. The predicted molar refractivity (Wildman–Crippen MR) is 113 cm³/mol. The van der Waals surface area contributed by atoms with Crippen LogP contribution in [0.4, 0.5) is 0 Å². The largest absolute Gasteiger partial charge is 2.00 e. The Hall–Kier alpha value is -2.75. The quantitative estimate of drug-likeness (QED) is 0.274. The Morgan fingerprint density at radius 3 is 2.41 bits per heavy atom. The molecule has 6 heteroatoms. The summed E-state index contributed by atoms with van der Waals surface area (Å²) < 4.78 is 3.96. The zero-order valence-electron chi connectivity index (χ0n) is 15.7. The number of nitrogens with zero attached hydrogens (tertiary/aromatic N) is 4. The Morgan fingerprint density at radius 2 is 1.76 bits per heavy atom. The van der Waals surface area contributed by atoms with Crippen molar-refractivity contribution in [1.29, 1.82) is 0 Å². The summed E-state index contributed by atoms with van der Waals surface area (Å²) in [5.74, 6) is 1.88. The third-order valence-corrected chi connectivity index (χ3v) is 4.75. The number of hydrogen-bond acceptors (Lipinski definition) is 3. The van der Waals surface area contributed by atoms with Crippen LogP contribution >= 0.6 is 11.3 Å². The summed E-state index contributed by atoms with van der Waals surface area (Å²) in [6, 6.07) is 25.2. The van der Waals surface area contributed by atoms with Crippen molar-refractivity contribution in [3.8, 4) is 28.5 Å². The van der Waals surface area contributed by atoms with Crippen molar-refractivity contribution in [2.75, 3.05) is 0 Å². The van der Waals surface area contributed by atoms with Crippen LogP contribution in [0.2, 0.25) is 0 Å². The van der Waals surface area contributed by atoms with E-state index < -0.39 is 0 Å². The van der Waals surface area contributed by atoms with Crippen LogP contribution in [0.1, 0.15) is 0 Å². The van der Waals surface area contributed by atoms with E-state index in [-0.39, 0.29) is 21.1 Å². The molecule has 3 aromatic heterocycles. The minimum Gasteiger partial charge on any atom is -0.428 e. The van der Waals surface area contributed by atoms with Crippen LogP contribution in [-0.2, 0) is 28.1 Å². The van der Waals surface area contributed by atoms with Gasteiger partial charge in [0.05, 0.1) is 17.2 Å². The number of imidazole rings is 1.